The van der Waals surface area contributed by atoms with Crippen LogP contribution in [0.25, 0.3) is 0 Å². The predicted molar refractivity (Wildman–Crippen MR) is 69.5 cm³/mol. The third-order valence-corrected chi connectivity index (χ3v) is 4.33. The fourth-order valence-corrected chi connectivity index (χ4v) is 2.33. The number of carbonyl (C=O) groups is 1. The van der Waals surface area contributed by atoms with Gasteiger partial charge in [0.2, 0.25) is 5.91 Å². The molecule has 2 aliphatic carbocycles. The normalized spacial score (nSPS) is 20.4. The molecule has 2 rings (SSSR count). The highest BCUT2D eigenvalue weighted by Crippen LogP contribution is 2.34. The van der Waals surface area contributed by atoms with Crippen molar-refractivity contribution in [3.63, 3.8) is 0 Å². The maximum atomic E-state index is 12.6. The predicted octanol–water partition coefficient (Wildman–Crippen LogP) is 2.15. The standard InChI is InChI=1S/C14H26N2O/c1-3-14(15,4-2)13(17)16(9-11-5-6-11)10-12-7-8-12/h11-12H,3-10,15H2,1-2H3. The molecule has 2 fully saturated rings. The van der Waals surface area contributed by atoms with E-state index < -0.39 is 5.54 Å². The molecule has 2 N–H and O–H groups in total. The minimum absolute atomic E-state index is 0.196. The molecule has 1 amide bonds. The topological polar surface area (TPSA) is 46.3 Å². The van der Waals surface area contributed by atoms with Gasteiger partial charge in [-0.1, -0.05) is 13.8 Å². The van der Waals surface area contributed by atoms with Gasteiger partial charge in [0.25, 0.3) is 0 Å². The SMILES string of the molecule is CCC(N)(CC)C(=O)N(CC1CC1)CC1CC1. The molecule has 17 heavy (non-hydrogen) atoms. The van der Waals surface area contributed by atoms with E-state index in [0.717, 1.165) is 37.8 Å². The molecule has 0 atom stereocenters. The molecule has 0 radical (unpaired) electrons. The van der Waals surface area contributed by atoms with Crippen molar-refractivity contribution >= 4 is 5.91 Å². The number of carbonyl (C=O) groups excluding carboxylic acids is 1. The molecule has 0 saturated heterocycles. The van der Waals surface area contributed by atoms with E-state index in [0.29, 0.717) is 0 Å². The molecular weight excluding hydrogens is 212 g/mol. The van der Waals surface area contributed by atoms with Crippen molar-refractivity contribution in [1.29, 1.82) is 0 Å². The van der Waals surface area contributed by atoms with E-state index in [4.69, 9.17) is 5.73 Å². The van der Waals surface area contributed by atoms with Crippen molar-refractivity contribution in [2.24, 2.45) is 17.6 Å². The van der Waals surface area contributed by atoms with Crippen LogP contribution in [0.2, 0.25) is 0 Å². The number of nitrogens with two attached hydrogens (primary N) is 1. The quantitative estimate of drug-likeness (QED) is 0.738. The summed E-state index contributed by atoms with van der Waals surface area (Å²) in [6.45, 7) is 5.95. The summed E-state index contributed by atoms with van der Waals surface area (Å²) in [4.78, 5) is 14.6. The van der Waals surface area contributed by atoms with E-state index in [1.807, 2.05) is 13.8 Å². The van der Waals surface area contributed by atoms with E-state index >= 15 is 0 Å². The first-order chi connectivity index (χ1) is 8.09. The van der Waals surface area contributed by atoms with Gasteiger partial charge in [-0.05, 0) is 50.4 Å². The molecular formula is C14H26N2O. The first-order valence-corrected chi connectivity index (χ1v) is 7.17. The lowest BCUT2D eigenvalue weighted by atomic mass is 9.92. The molecule has 0 unspecified atom stereocenters. The third kappa shape index (κ3) is 3.21. The number of hydrogen-bond acceptors (Lipinski definition) is 2. The molecule has 0 spiro atoms. The van der Waals surface area contributed by atoms with Crippen molar-refractivity contribution in [3.8, 4) is 0 Å². The highest BCUT2D eigenvalue weighted by molar-refractivity contribution is 5.86. The van der Waals surface area contributed by atoms with Crippen LogP contribution in [0.1, 0.15) is 52.4 Å². The highest BCUT2D eigenvalue weighted by Gasteiger charge is 2.38. The average Bonchev–Trinajstić information content (AvgIpc) is 3.21. The van der Waals surface area contributed by atoms with Crippen molar-refractivity contribution in [1.82, 2.24) is 4.90 Å². The number of nitrogens with zero attached hydrogens (tertiary/aromatic N) is 1. The van der Waals surface area contributed by atoms with Crippen molar-refractivity contribution in [3.05, 3.63) is 0 Å². The van der Waals surface area contributed by atoms with Crippen LogP contribution in [0, 0.1) is 11.8 Å². The van der Waals surface area contributed by atoms with Gasteiger partial charge in [-0.15, -0.1) is 0 Å². The molecule has 0 heterocycles. The van der Waals surface area contributed by atoms with Crippen LogP contribution in [-0.2, 0) is 4.79 Å². The van der Waals surface area contributed by atoms with Crippen molar-refractivity contribution in [2.75, 3.05) is 13.1 Å². The molecule has 0 aliphatic heterocycles. The monoisotopic (exact) mass is 238 g/mol. The first-order valence-electron chi connectivity index (χ1n) is 7.17. The van der Waals surface area contributed by atoms with Gasteiger partial charge in [-0.25, -0.2) is 0 Å². The van der Waals surface area contributed by atoms with E-state index in [9.17, 15) is 4.79 Å². The fourth-order valence-electron chi connectivity index (χ4n) is 2.33. The van der Waals surface area contributed by atoms with Gasteiger partial charge >= 0.3 is 0 Å². The van der Waals surface area contributed by atoms with E-state index in [1.54, 1.807) is 0 Å². The second kappa shape index (κ2) is 4.97. The second-order valence-electron chi connectivity index (χ2n) is 5.96. The Balaban J connectivity index is 1.98. The fraction of sp³-hybridized carbons (Fsp3) is 0.929. The Morgan fingerprint density at radius 3 is 1.82 bits per heavy atom. The molecule has 0 aromatic carbocycles. The molecule has 98 valence electrons. The minimum atomic E-state index is -0.621. The van der Waals surface area contributed by atoms with Gasteiger partial charge in [0.1, 0.15) is 0 Å². The lowest BCUT2D eigenvalue weighted by Gasteiger charge is -2.33. The summed E-state index contributed by atoms with van der Waals surface area (Å²) in [5.74, 6) is 1.72. The Bertz CT molecular complexity index is 264. The van der Waals surface area contributed by atoms with Crippen LogP contribution in [0.15, 0.2) is 0 Å². The maximum absolute atomic E-state index is 12.6. The number of amides is 1. The summed E-state index contributed by atoms with van der Waals surface area (Å²) in [6.07, 6.45) is 6.67. The maximum Gasteiger partial charge on any atom is 0.242 e. The van der Waals surface area contributed by atoms with Gasteiger partial charge in [0.05, 0.1) is 5.54 Å². The number of rotatable bonds is 7. The Hall–Kier alpha value is -0.570. The van der Waals surface area contributed by atoms with Crippen LogP contribution in [0.5, 0.6) is 0 Å². The molecule has 3 nitrogen and oxygen atoms in total. The summed E-state index contributed by atoms with van der Waals surface area (Å²) < 4.78 is 0. The highest BCUT2D eigenvalue weighted by atomic mass is 16.2. The average molecular weight is 238 g/mol. The molecule has 2 aliphatic rings. The van der Waals surface area contributed by atoms with Crippen LogP contribution in [-0.4, -0.2) is 29.4 Å². The third-order valence-electron chi connectivity index (χ3n) is 4.33. The summed E-state index contributed by atoms with van der Waals surface area (Å²) in [6, 6.07) is 0. The molecule has 0 aromatic heterocycles. The van der Waals surface area contributed by atoms with Crippen LogP contribution >= 0.6 is 0 Å². The van der Waals surface area contributed by atoms with Gasteiger partial charge < -0.3 is 10.6 Å². The van der Waals surface area contributed by atoms with Gasteiger partial charge in [0, 0.05) is 13.1 Å². The smallest absolute Gasteiger partial charge is 0.242 e. The van der Waals surface area contributed by atoms with Crippen LogP contribution < -0.4 is 5.73 Å². The largest absolute Gasteiger partial charge is 0.341 e. The molecule has 3 heteroatoms. The van der Waals surface area contributed by atoms with Gasteiger partial charge in [-0.3, -0.25) is 4.79 Å². The second-order valence-corrected chi connectivity index (χ2v) is 5.96. The van der Waals surface area contributed by atoms with Gasteiger partial charge in [0.15, 0.2) is 0 Å². The van der Waals surface area contributed by atoms with Crippen molar-refractivity contribution in [2.45, 2.75) is 57.9 Å². The minimum Gasteiger partial charge on any atom is -0.341 e. The summed E-state index contributed by atoms with van der Waals surface area (Å²) in [5, 5.41) is 0. The zero-order valence-corrected chi connectivity index (χ0v) is 11.2. The van der Waals surface area contributed by atoms with E-state index in [1.165, 1.54) is 25.7 Å². The summed E-state index contributed by atoms with van der Waals surface area (Å²) in [5.41, 5.74) is 5.62. The summed E-state index contributed by atoms with van der Waals surface area (Å²) in [7, 11) is 0. The Labute approximate surface area is 105 Å². The molecule has 0 bridgehead atoms. The van der Waals surface area contributed by atoms with Crippen LogP contribution in [0.4, 0.5) is 0 Å². The van der Waals surface area contributed by atoms with Crippen LogP contribution in [0.3, 0.4) is 0 Å². The Morgan fingerprint density at radius 1 is 1.12 bits per heavy atom. The zero-order valence-electron chi connectivity index (χ0n) is 11.2. The number of hydrogen-bond donors (Lipinski definition) is 1. The molecule has 0 aromatic rings. The lowest BCUT2D eigenvalue weighted by molar-refractivity contribution is -0.137. The zero-order chi connectivity index (χ0) is 12.5. The lowest BCUT2D eigenvalue weighted by Crippen LogP contribution is -2.55. The Kier molecular flexibility index (Phi) is 3.76. The van der Waals surface area contributed by atoms with E-state index in [2.05, 4.69) is 4.90 Å². The molecule has 2 saturated carbocycles. The van der Waals surface area contributed by atoms with Crippen molar-refractivity contribution < 1.29 is 4.79 Å². The van der Waals surface area contributed by atoms with E-state index in [-0.39, 0.29) is 5.91 Å². The first kappa shape index (κ1) is 12.9. The van der Waals surface area contributed by atoms with Gasteiger partial charge in [-0.2, -0.15) is 0 Å². The summed E-state index contributed by atoms with van der Waals surface area (Å²) >= 11 is 0. The Morgan fingerprint density at radius 2 is 1.53 bits per heavy atom.